The molecule has 78 valence electrons. The Morgan fingerprint density at radius 3 is 0.667 bits per heavy atom. The van der Waals surface area contributed by atoms with E-state index in [1.807, 2.05) is 0 Å². The Morgan fingerprint density at radius 1 is 0.667 bits per heavy atom. The number of phosphoric acid groups is 2. The highest BCUT2D eigenvalue weighted by Gasteiger charge is 2.00. The van der Waals surface area contributed by atoms with Crippen LogP contribution in [0, 0.1) is 0 Å². The Morgan fingerprint density at radius 2 is 0.667 bits per heavy atom. The third-order valence-corrected chi connectivity index (χ3v) is 0. The van der Waals surface area contributed by atoms with Crippen LogP contribution in [0.1, 0.15) is 0 Å². The molecular weight excluding hydrogens is 220 g/mol. The minimum Gasteiger partial charge on any atom is -0.320 e. The fourth-order valence-electron chi connectivity index (χ4n) is 0. The van der Waals surface area contributed by atoms with E-state index >= 15 is 0 Å². The van der Waals surface area contributed by atoms with E-state index in [2.05, 4.69) is 5.90 Å². The highest BCUT2D eigenvalue weighted by atomic mass is 31.2. The van der Waals surface area contributed by atoms with Crippen LogP contribution < -0.4 is 5.90 Å². The molecule has 0 amide bonds. The van der Waals surface area contributed by atoms with Crippen LogP contribution in [0.2, 0.25) is 0 Å². The predicted octanol–water partition coefficient (Wildman–Crippen LogP) is -2.52. The largest absolute Gasteiger partial charge is 0.466 e. The van der Waals surface area contributed by atoms with Crippen molar-refractivity contribution in [3.05, 3.63) is 0 Å². The van der Waals surface area contributed by atoms with Crippen LogP contribution in [0.25, 0.3) is 0 Å². The molecule has 0 unspecified atom stereocenters. The molecule has 0 radical (unpaired) electrons. The lowest BCUT2D eigenvalue weighted by molar-refractivity contribution is 0.272. The third-order valence-electron chi connectivity index (χ3n) is 0. The highest BCUT2D eigenvalue weighted by Crippen LogP contribution is 2.26. The molecule has 0 aromatic carbocycles. The molecule has 0 saturated heterocycles. The molecule has 0 spiro atoms. The normalized spacial score (nSPS) is 10.3. The fourth-order valence-corrected chi connectivity index (χ4v) is 0. The van der Waals surface area contributed by atoms with Crippen LogP contribution >= 0.6 is 15.6 Å². The first kappa shape index (κ1) is 18.0. The van der Waals surface area contributed by atoms with E-state index < -0.39 is 15.6 Å². The lowest BCUT2D eigenvalue weighted by atomic mass is 13.6. The van der Waals surface area contributed by atoms with Crippen molar-refractivity contribution in [3.8, 4) is 0 Å². The van der Waals surface area contributed by atoms with Gasteiger partial charge in [-0.3, -0.25) is 0 Å². The zero-order valence-electron chi connectivity index (χ0n) is 5.42. The van der Waals surface area contributed by atoms with Crippen molar-refractivity contribution in [1.29, 1.82) is 0 Å². The van der Waals surface area contributed by atoms with Crippen molar-refractivity contribution in [2.24, 2.45) is 5.90 Å². The number of hydrogen-bond acceptors (Lipinski definition) is 4. The zero-order valence-corrected chi connectivity index (χ0v) is 7.21. The van der Waals surface area contributed by atoms with Gasteiger partial charge in [0.05, 0.1) is 0 Å². The molecule has 0 atom stereocenters. The summed E-state index contributed by atoms with van der Waals surface area (Å²) >= 11 is 0. The topological polar surface area (TPSA) is 202 Å². The van der Waals surface area contributed by atoms with Crippen LogP contribution in [-0.2, 0) is 9.13 Å². The van der Waals surface area contributed by atoms with Gasteiger partial charge >= 0.3 is 15.6 Å². The first-order chi connectivity index (χ1) is 5.00. The van der Waals surface area contributed by atoms with Gasteiger partial charge in [-0.15, -0.1) is 0 Å². The van der Waals surface area contributed by atoms with Gasteiger partial charge in [0.25, 0.3) is 0 Å². The molecule has 0 rings (SSSR count). The van der Waals surface area contributed by atoms with E-state index in [1.54, 1.807) is 0 Å². The van der Waals surface area contributed by atoms with Crippen LogP contribution in [0.4, 0.5) is 0 Å². The summed E-state index contributed by atoms with van der Waals surface area (Å²) in [6, 6.07) is 0. The van der Waals surface area contributed by atoms with E-state index in [0.717, 1.165) is 0 Å². The summed E-state index contributed by atoms with van der Waals surface area (Å²) < 4.78 is 17.8. The second kappa shape index (κ2) is 7.77. The molecular formula is H9NO9P2. The van der Waals surface area contributed by atoms with Gasteiger partial charge in [0.2, 0.25) is 0 Å². The Bertz CT molecular complexity index is 125. The molecule has 0 aromatic rings. The summed E-state index contributed by atoms with van der Waals surface area (Å²) in [5, 5.41) is 6.50. The van der Waals surface area contributed by atoms with E-state index in [4.69, 9.17) is 43.7 Å². The van der Waals surface area contributed by atoms with Gasteiger partial charge in [-0.05, 0) is 0 Å². The molecule has 0 aromatic heterocycles. The highest BCUT2D eigenvalue weighted by molar-refractivity contribution is 7.45. The number of rotatable bonds is 0. The van der Waals surface area contributed by atoms with E-state index in [9.17, 15) is 0 Å². The van der Waals surface area contributed by atoms with Crippen LogP contribution in [0.3, 0.4) is 0 Å². The van der Waals surface area contributed by atoms with Crippen molar-refractivity contribution in [3.63, 3.8) is 0 Å². The molecule has 12 heteroatoms. The van der Waals surface area contributed by atoms with Crippen molar-refractivity contribution in [1.82, 2.24) is 0 Å². The van der Waals surface area contributed by atoms with Gasteiger partial charge in [0, 0.05) is 0 Å². The maximum atomic E-state index is 8.88. The second-order valence-corrected chi connectivity index (χ2v) is 3.08. The standard InChI is InChI=1S/H3NO.2H3O4P/c1-2;2*1-5(2,3)4/h2H,1H2;2*(H3,1,2,3,4). The first-order valence-electron chi connectivity index (χ1n) is 1.82. The molecule has 0 aliphatic heterocycles. The van der Waals surface area contributed by atoms with Gasteiger partial charge < -0.3 is 34.6 Å². The minimum absolute atomic E-state index is 3.50. The van der Waals surface area contributed by atoms with Crippen LogP contribution in [0.15, 0.2) is 0 Å². The third kappa shape index (κ3) is 43200. The molecule has 0 bridgehead atoms. The quantitative estimate of drug-likeness (QED) is 0.161. The lowest BCUT2D eigenvalue weighted by Gasteiger charge is -1.82. The molecule has 0 aliphatic rings. The maximum absolute atomic E-state index is 8.88. The molecule has 12 heavy (non-hydrogen) atoms. The first-order valence-corrected chi connectivity index (χ1v) is 4.95. The van der Waals surface area contributed by atoms with Crippen molar-refractivity contribution in [2.45, 2.75) is 0 Å². The van der Waals surface area contributed by atoms with Gasteiger partial charge in [-0.1, -0.05) is 0 Å². The summed E-state index contributed by atoms with van der Waals surface area (Å²) in [4.78, 5) is 43.1. The van der Waals surface area contributed by atoms with Crippen molar-refractivity contribution < 1.29 is 43.7 Å². The average molecular weight is 229 g/mol. The van der Waals surface area contributed by atoms with Crippen LogP contribution in [-0.4, -0.2) is 34.6 Å². The van der Waals surface area contributed by atoms with E-state index in [-0.39, 0.29) is 0 Å². The summed E-state index contributed by atoms with van der Waals surface area (Å²) in [5.41, 5.74) is 0. The maximum Gasteiger partial charge on any atom is 0.466 e. The monoisotopic (exact) mass is 229 g/mol. The average Bonchev–Trinajstić information content (AvgIpc) is 1.59. The smallest absolute Gasteiger partial charge is 0.320 e. The Labute approximate surface area is 66.3 Å². The molecule has 0 fully saturated rings. The summed E-state index contributed by atoms with van der Waals surface area (Å²) in [5.74, 6) is 3.50. The molecule has 0 aliphatic carbocycles. The second-order valence-electron chi connectivity index (χ2n) is 1.03. The van der Waals surface area contributed by atoms with Gasteiger partial charge in [-0.2, -0.15) is 0 Å². The van der Waals surface area contributed by atoms with Crippen molar-refractivity contribution >= 4 is 15.6 Å². The predicted molar refractivity (Wildman–Crippen MR) is 34.5 cm³/mol. The fraction of sp³-hybridized carbons (Fsp3) is 0. The van der Waals surface area contributed by atoms with Gasteiger partial charge in [0.1, 0.15) is 0 Å². The van der Waals surface area contributed by atoms with Gasteiger partial charge in [-0.25, -0.2) is 15.0 Å². The Kier molecular flexibility index (Phi) is 11.7. The lowest BCUT2D eigenvalue weighted by Crippen LogP contribution is -1.72. The number of nitrogens with two attached hydrogens (primary N) is 1. The van der Waals surface area contributed by atoms with Crippen LogP contribution in [0.5, 0.6) is 0 Å². The zero-order chi connectivity index (χ0) is 11.0. The summed E-state index contributed by atoms with van der Waals surface area (Å²) in [7, 11) is -9.28. The molecule has 9 N–H and O–H groups in total. The molecule has 0 heterocycles. The minimum atomic E-state index is -4.64. The van der Waals surface area contributed by atoms with Crippen molar-refractivity contribution in [2.75, 3.05) is 0 Å². The van der Waals surface area contributed by atoms with Gasteiger partial charge in [0.15, 0.2) is 0 Å². The summed E-state index contributed by atoms with van der Waals surface area (Å²) in [6.45, 7) is 0. The number of hydrogen-bond donors (Lipinski definition) is 8. The Hall–Kier alpha value is 0.140. The van der Waals surface area contributed by atoms with E-state index in [0.29, 0.717) is 0 Å². The summed E-state index contributed by atoms with van der Waals surface area (Å²) in [6.07, 6.45) is 0. The Balaban J connectivity index is -0.000000112. The molecule has 10 nitrogen and oxygen atoms in total. The van der Waals surface area contributed by atoms with E-state index in [1.165, 1.54) is 0 Å². The SMILES string of the molecule is NO.O=P(O)(O)O.O=P(O)(O)O. The molecule has 0 saturated carbocycles.